The predicted molar refractivity (Wildman–Crippen MR) is 79.9 cm³/mol. The van der Waals surface area contributed by atoms with Gasteiger partial charge in [-0.1, -0.05) is 38.5 Å². The minimum Gasteiger partial charge on any atom is -0.424 e. The highest BCUT2D eigenvalue weighted by Crippen LogP contribution is 2.33. The van der Waals surface area contributed by atoms with Gasteiger partial charge in [0.2, 0.25) is 0 Å². The number of benzene rings is 1. The molecule has 0 aliphatic rings. The molecule has 20 heavy (non-hydrogen) atoms. The summed E-state index contributed by atoms with van der Waals surface area (Å²) in [4.78, 5) is 8.41. The van der Waals surface area contributed by atoms with Crippen molar-refractivity contribution in [1.29, 1.82) is 0 Å². The maximum absolute atomic E-state index is 5.86. The monoisotopic (exact) mass is 271 g/mol. The Morgan fingerprint density at radius 1 is 1.20 bits per heavy atom. The molecule has 0 spiro atoms. The van der Waals surface area contributed by atoms with E-state index in [-0.39, 0.29) is 5.41 Å². The van der Waals surface area contributed by atoms with E-state index in [9.17, 15) is 0 Å². The van der Waals surface area contributed by atoms with E-state index in [1.807, 2.05) is 12.1 Å². The zero-order valence-corrected chi connectivity index (χ0v) is 12.5. The van der Waals surface area contributed by atoms with Crippen LogP contribution in [-0.2, 0) is 12.0 Å². The highest BCUT2D eigenvalue weighted by molar-refractivity contribution is 5.42. The van der Waals surface area contributed by atoms with Crippen molar-refractivity contribution in [2.24, 2.45) is 5.73 Å². The number of ether oxygens (including phenoxy) is 1. The van der Waals surface area contributed by atoms with Gasteiger partial charge in [-0.15, -0.1) is 0 Å². The zero-order chi connectivity index (χ0) is 14.8. The van der Waals surface area contributed by atoms with Crippen molar-refractivity contribution in [3.05, 3.63) is 47.3 Å². The number of nitrogens with zero attached hydrogens (tertiary/aromatic N) is 2. The second-order valence-electron chi connectivity index (χ2n) is 5.89. The molecule has 0 aliphatic carbocycles. The number of hydrogen-bond acceptors (Lipinski definition) is 4. The van der Waals surface area contributed by atoms with E-state index in [2.05, 4.69) is 43.7 Å². The van der Waals surface area contributed by atoms with Crippen molar-refractivity contribution in [2.45, 2.75) is 39.7 Å². The van der Waals surface area contributed by atoms with Gasteiger partial charge in [0.05, 0.1) is 5.69 Å². The van der Waals surface area contributed by atoms with Gasteiger partial charge in [0.15, 0.2) is 0 Å². The van der Waals surface area contributed by atoms with Gasteiger partial charge in [-0.2, -0.15) is 4.98 Å². The lowest BCUT2D eigenvalue weighted by atomic mass is 9.85. The van der Waals surface area contributed by atoms with E-state index in [0.717, 1.165) is 17.0 Å². The summed E-state index contributed by atoms with van der Waals surface area (Å²) in [5.74, 6) is 0.789. The predicted octanol–water partition coefficient (Wildman–Crippen LogP) is 3.33. The Hall–Kier alpha value is -1.94. The van der Waals surface area contributed by atoms with Crippen molar-refractivity contribution in [1.82, 2.24) is 9.97 Å². The quantitative estimate of drug-likeness (QED) is 0.930. The van der Waals surface area contributed by atoms with Crippen molar-refractivity contribution < 1.29 is 4.74 Å². The molecule has 0 bridgehead atoms. The standard InChI is InChI=1S/C16H21N3O/c1-11-5-6-14(13(9-11)16(2,3)4)20-15-18-8-7-12(10-17)19-15/h5-9H,10,17H2,1-4H3. The molecule has 1 heterocycles. The van der Waals surface area contributed by atoms with Gasteiger partial charge < -0.3 is 10.5 Å². The Labute approximate surface area is 120 Å². The molecule has 0 saturated carbocycles. The molecule has 1 aromatic carbocycles. The van der Waals surface area contributed by atoms with Gasteiger partial charge in [-0.25, -0.2) is 4.98 Å². The Kier molecular flexibility index (Phi) is 4.04. The minimum absolute atomic E-state index is 0.00711. The van der Waals surface area contributed by atoms with Crippen LogP contribution in [0.3, 0.4) is 0 Å². The molecule has 0 unspecified atom stereocenters. The number of nitrogens with two attached hydrogens (primary N) is 1. The van der Waals surface area contributed by atoms with Crippen molar-refractivity contribution in [3.63, 3.8) is 0 Å². The van der Waals surface area contributed by atoms with Crippen LogP contribution in [0.5, 0.6) is 11.8 Å². The Morgan fingerprint density at radius 3 is 2.60 bits per heavy atom. The third kappa shape index (κ3) is 3.33. The van der Waals surface area contributed by atoms with Gasteiger partial charge in [-0.05, 0) is 24.5 Å². The van der Waals surface area contributed by atoms with E-state index in [0.29, 0.717) is 12.6 Å². The van der Waals surface area contributed by atoms with E-state index < -0.39 is 0 Å². The molecule has 106 valence electrons. The summed E-state index contributed by atoms with van der Waals surface area (Å²) >= 11 is 0. The van der Waals surface area contributed by atoms with Crippen LogP contribution in [0.2, 0.25) is 0 Å². The summed E-state index contributed by atoms with van der Waals surface area (Å²) in [6.07, 6.45) is 1.66. The Morgan fingerprint density at radius 2 is 1.95 bits per heavy atom. The van der Waals surface area contributed by atoms with Crippen LogP contribution in [0.25, 0.3) is 0 Å². The molecular weight excluding hydrogens is 250 g/mol. The molecule has 1 aromatic heterocycles. The maximum atomic E-state index is 5.86. The Balaban J connectivity index is 2.38. The molecule has 0 fully saturated rings. The van der Waals surface area contributed by atoms with E-state index >= 15 is 0 Å². The molecule has 2 rings (SSSR count). The maximum Gasteiger partial charge on any atom is 0.322 e. The van der Waals surface area contributed by atoms with Crippen LogP contribution in [0.4, 0.5) is 0 Å². The molecule has 0 atom stereocenters. The summed E-state index contributed by atoms with van der Waals surface area (Å²) in [5, 5.41) is 0. The number of aryl methyl sites for hydroxylation is 1. The minimum atomic E-state index is -0.00711. The zero-order valence-electron chi connectivity index (χ0n) is 12.5. The third-order valence-corrected chi connectivity index (χ3v) is 3.04. The molecule has 4 heteroatoms. The first-order chi connectivity index (χ1) is 9.40. The highest BCUT2D eigenvalue weighted by atomic mass is 16.5. The number of rotatable bonds is 3. The first-order valence-corrected chi connectivity index (χ1v) is 6.71. The largest absolute Gasteiger partial charge is 0.424 e. The van der Waals surface area contributed by atoms with Gasteiger partial charge in [-0.3, -0.25) is 0 Å². The summed E-state index contributed by atoms with van der Waals surface area (Å²) in [7, 11) is 0. The topological polar surface area (TPSA) is 61.0 Å². The molecule has 0 aliphatic heterocycles. The molecule has 0 amide bonds. The molecule has 0 saturated heterocycles. The number of hydrogen-bond donors (Lipinski definition) is 1. The van der Waals surface area contributed by atoms with Crippen LogP contribution in [-0.4, -0.2) is 9.97 Å². The summed E-state index contributed by atoms with van der Waals surface area (Å²) in [5.41, 5.74) is 8.69. The fraction of sp³-hybridized carbons (Fsp3) is 0.375. The second-order valence-corrected chi connectivity index (χ2v) is 5.89. The SMILES string of the molecule is Cc1ccc(Oc2nccc(CN)n2)c(C(C)(C)C)c1. The second kappa shape index (κ2) is 5.59. The van der Waals surface area contributed by atoms with Crippen LogP contribution in [0.1, 0.15) is 37.6 Å². The lowest BCUT2D eigenvalue weighted by Crippen LogP contribution is -2.13. The first-order valence-electron chi connectivity index (χ1n) is 6.71. The molecule has 4 nitrogen and oxygen atoms in total. The van der Waals surface area contributed by atoms with Crippen molar-refractivity contribution >= 4 is 0 Å². The fourth-order valence-corrected chi connectivity index (χ4v) is 1.96. The first kappa shape index (κ1) is 14.5. The van der Waals surface area contributed by atoms with E-state index in [1.165, 1.54) is 5.56 Å². The van der Waals surface area contributed by atoms with Gasteiger partial charge in [0, 0.05) is 18.3 Å². The lowest BCUT2D eigenvalue weighted by Gasteiger charge is -2.22. The molecule has 0 radical (unpaired) electrons. The van der Waals surface area contributed by atoms with E-state index in [4.69, 9.17) is 10.5 Å². The average molecular weight is 271 g/mol. The van der Waals surface area contributed by atoms with Crippen LogP contribution < -0.4 is 10.5 Å². The molecule has 2 N–H and O–H groups in total. The van der Waals surface area contributed by atoms with Crippen molar-refractivity contribution in [3.8, 4) is 11.8 Å². The summed E-state index contributed by atoms with van der Waals surface area (Å²) in [6, 6.07) is 8.25. The molecular formula is C16H21N3O. The highest BCUT2D eigenvalue weighted by Gasteiger charge is 2.20. The van der Waals surface area contributed by atoms with E-state index in [1.54, 1.807) is 12.3 Å². The summed E-state index contributed by atoms with van der Waals surface area (Å²) in [6.45, 7) is 8.92. The average Bonchev–Trinajstić information content (AvgIpc) is 2.40. The van der Waals surface area contributed by atoms with Gasteiger partial charge in [0.25, 0.3) is 0 Å². The smallest absolute Gasteiger partial charge is 0.322 e. The summed E-state index contributed by atoms with van der Waals surface area (Å²) < 4.78 is 5.86. The van der Waals surface area contributed by atoms with Crippen LogP contribution in [0, 0.1) is 6.92 Å². The van der Waals surface area contributed by atoms with Crippen molar-refractivity contribution in [2.75, 3.05) is 0 Å². The fourth-order valence-electron chi connectivity index (χ4n) is 1.96. The van der Waals surface area contributed by atoms with Gasteiger partial charge >= 0.3 is 6.01 Å². The third-order valence-electron chi connectivity index (χ3n) is 3.04. The normalized spacial score (nSPS) is 11.4. The molecule has 2 aromatic rings. The lowest BCUT2D eigenvalue weighted by molar-refractivity contribution is 0.420. The van der Waals surface area contributed by atoms with Crippen LogP contribution in [0.15, 0.2) is 30.5 Å². The van der Waals surface area contributed by atoms with Crippen LogP contribution >= 0.6 is 0 Å². The number of aromatic nitrogens is 2. The van der Waals surface area contributed by atoms with Gasteiger partial charge in [0.1, 0.15) is 5.75 Å². The Bertz CT molecular complexity index is 603.